The molecular weight excluding hydrogens is 384 g/mol. The Morgan fingerprint density at radius 3 is 2.70 bits per heavy atom. The molecule has 20 heavy (non-hydrogen) atoms. The highest BCUT2D eigenvalue weighted by Crippen LogP contribution is 2.33. The van der Waals surface area contributed by atoms with Gasteiger partial charge in [-0.1, -0.05) is 25.1 Å². The summed E-state index contributed by atoms with van der Waals surface area (Å²) in [5.41, 5.74) is 2.02. The third-order valence-electron chi connectivity index (χ3n) is 2.97. The number of nitrogens with zero attached hydrogens (tertiary/aromatic N) is 1. The van der Waals surface area contributed by atoms with Crippen LogP contribution in [0.2, 0.25) is 0 Å². The number of pyridine rings is 1. The van der Waals surface area contributed by atoms with Gasteiger partial charge in [-0.25, -0.2) is 0 Å². The number of rotatable bonds is 5. The molecule has 0 aliphatic carbocycles. The molecule has 1 N–H and O–H groups in total. The van der Waals surface area contributed by atoms with Crippen molar-refractivity contribution < 1.29 is 4.74 Å². The van der Waals surface area contributed by atoms with Crippen LogP contribution in [0.25, 0.3) is 0 Å². The van der Waals surface area contributed by atoms with Gasteiger partial charge in [0.2, 0.25) is 0 Å². The molecule has 106 valence electrons. The van der Waals surface area contributed by atoms with E-state index < -0.39 is 0 Å². The lowest BCUT2D eigenvalue weighted by Crippen LogP contribution is -2.24. The molecule has 1 aromatic carbocycles. The second kappa shape index (κ2) is 7.20. The average molecular weight is 400 g/mol. The van der Waals surface area contributed by atoms with Crippen molar-refractivity contribution in [2.45, 2.75) is 13.0 Å². The first-order valence-electron chi connectivity index (χ1n) is 6.34. The van der Waals surface area contributed by atoms with Crippen LogP contribution in [0.4, 0.5) is 0 Å². The summed E-state index contributed by atoms with van der Waals surface area (Å²) in [6.45, 7) is 2.92. The molecule has 1 heterocycles. The molecule has 2 aromatic rings. The van der Waals surface area contributed by atoms with Crippen molar-refractivity contribution in [2.75, 3.05) is 13.7 Å². The van der Waals surface area contributed by atoms with Gasteiger partial charge in [0, 0.05) is 20.7 Å². The van der Waals surface area contributed by atoms with E-state index >= 15 is 0 Å². The number of benzene rings is 1. The van der Waals surface area contributed by atoms with E-state index in [4.69, 9.17) is 4.74 Å². The van der Waals surface area contributed by atoms with Gasteiger partial charge >= 0.3 is 0 Å². The monoisotopic (exact) mass is 398 g/mol. The number of halogens is 2. The molecule has 1 atom stereocenters. The zero-order valence-electron chi connectivity index (χ0n) is 11.4. The maximum absolute atomic E-state index is 5.47. The summed E-state index contributed by atoms with van der Waals surface area (Å²) in [5.74, 6) is 0.857. The van der Waals surface area contributed by atoms with Gasteiger partial charge in [-0.3, -0.25) is 4.98 Å². The highest BCUT2D eigenvalue weighted by molar-refractivity contribution is 9.11. The SMILES string of the molecule is CCNC(c1ccccc1OC)c1ncc(Br)cc1Br. The lowest BCUT2D eigenvalue weighted by Gasteiger charge is -2.21. The summed E-state index contributed by atoms with van der Waals surface area (Å²) in [6.07, 6.45) is 1.81. The number of hydrogen-bond donors (Lipinski definition) is 1. The first-order valence-corrected chi connectivity index (χ1v) is 7.93. The maximum Gasteiger partial charge on any atom is 0.124 e. The number of aromatic nitrogens is 1. The number of ether oxygens (including phenoxy) is 1. The van der Waals surface area contributed by atoms with E-state index in [9.17, 15) is 0 Å². The predicted octanol–water partition coefficient (Wildman–Crippen LogP) is 4.31. The van der Waals surface area contributed by atoms with E-state index in [1.165, 1.54) is 0 Å². The van der Waals surface area contributed by atoms with E-state index in [1.54, 1.807) is 13.3 Å². The highest BCUT2D eigenvalue weighted by Gasteiger charge is 2.20. The van der Waals surface area contributed by atoms with Crippen LogP contribution in [-0.4, -0.2) is 18.6 Å². The molecule has 1 aromatic heterocycles. The van der Waals surface area contributed by atoms with Crippen molar-refractivity contribution in [3.8, 4) is 5.75 Å². The Labute approximate surface area is 136 Å². The summed E-state index contributed by atoms with van der Waals surface area (Å²) in [7, 11) is 1.69. The molecule has 0 fully saturated rings. The van der Waals surface area contributed by atoms with Crippen molar-refractivity contribution in [1.82, 2.24) is 10.3 Å². The Morgan fingerprint density at radius 2 is 2.05 bits per heavy atom. The predicted molar refractivity (Wildman–Crippen MR) is 88.2 cm³/mol. The Kier molecular flexibility index (Phi) is 5.57. The summed E-state index contributed by atoms with van der Waals surface area (Å²) >= 11 is 7.02. The molecule has 0 amide bonds. The molecule has 5 heteroatoms. The zero-order valence-corrected chi connectivity index (χ0v) is 14.5. The fourth-order valence-electron chi connectivity index (χ4n) is 2.10. The standard InChI is InChI=1S/C15H16Br2N2O/c1-3-18-14(11-6-4-5-7-13(11)20-2)15-12(17)8-10(16)9-19-15/h4-9,14,18H,3H2,1-2H3. The van der Waals surface area contributed by atoms with Gasteiger partial charge in [0.25, 0.3) is 0 Å². The third-order valence-corrected chi connectivity index (χ3v) is 4.04. The van der Waals surface area contributed by atoms with Crippen molar-refractivity contribution in [3.63, 3.8) is 0 Å². The van der Waals surface area contributed by atoms with E-state index in [0.29, 0.717) is 0 Å². The first kappa shape index (κ1) is 15.5. The topological polar surface area (TPSA) is 34.1 Å². The average Bonchev–Trinajstić information content (AvgIpc) is 2.45. The second-order valence-corrected chi connectivity index (χ2v) is 6.02. The number of nitrogens with one attached hydrogen (secondary N) is 1. The fourth-order valence-corrected chi connectivity index (χ4v) is 3.32. The normalized spacial score (nSPS) is 12.2. The van der Waals surface area contributed by atoms with Crippen LogP contribution in [0.5, 0.6) is 5.75 Å². The van der Waals surface area contributed by atoms with Gasteiger partial charge < -0.3 is 10.1 Å². The molecule has 2 rings (SSSR count). The maximum atomic E-state index is 5.47. The number of hydrogen-bond acceptors (Lipinski definition) is 3. The molecular formula is C15H16Br2N2O. The van der Waals surface area contributed by atoms with E-state index in [1.807, 2.05) is 24.3 Å². The summed E-state index contributed by atoms with van der Waals surface area (Å²) < 4.78 is 7.37. The lowest BCUT2D eigenvalue weighted by molar-refractivity contribution is 0.403. The van der Waals surface area contributed by atoms with Crippen LogP contribution < -0.4 is 10.1 Å². The van der Waals surface area contributed by atoms with Crippen molar-refractivity contribution in [3.05, 3.63) is 56.7 Å². The van der Waals surface area contributed by atoms with Crippen LogP contribution in [0.1, 0.15) is 24.2 Å². The minimum absolute atomic E-state index is 0.0152. The van der Waals surface area contributed by atoms with Crippen LogP contribution in [0.15, 0.2) is 45.5 Å². The summed E-state index contributed by atoms with van der Waals surface area (Å²) in [4.78, 5) is 4.54. The Bertz CT molecular complexity index is 590. The van der Waals surface area contributed by atoms with Crippen LogP contribution >= 0.6 is 31.9 Å². The molecule has 0 bridgehead atoms. The molecule has 3 nitrogen and oxygen atoms in total. The van der Waals surface area contributed by atoms with Gasteiger partial charge in [0.05, 0.1) is 18.8 Å². The van der Waals surface area contributed by atoms with E-state index in [-0.39, 0.29) is 6.04 Å². The van der Waals surface area contributed by atoms with Crippen molar-refractivity contribution >= 4 is 31.9 Å². The number of methoxy groups -OCH3 is 1. The van der Waals surface area contributed by atoms with Crippen molar-refractivity contribution in [2.24, 2.45) is 0 Å². The zero-order chi connectivity index (χ0) is 14.5. The molecule has 0 aliphatic rings. The number of para-hydroxylation sites is 1. The minimum atomic E-state index is -0.0152. The molecule has 0 aliphatic heterocycles. The lowest BCUT2D eigenvalue weighted by atomic mass is 10.0. The van der Waals surface area contributed by atoms with Crippen LogP contribution in [0, 0.1) is 0 Å². The first-order chi connectivity index (χ1) is 9.67. The summed E-state index contributed by atoms with van der Waals surface area (Å²) in [6, 6.07) is 9.99. The van der Waals surface area contributed by atoms with E-state index in [0.717, 1.165) is 32.5 Å². The van der Waals surface area contributed by atoms with Crippen LogP contribution in [0.3, 0.4) is 0 Å². The Morgan fingerprint density at radius 1 is 1.30 bits per heavy atom. The third kappa shape index (κ3) is 3.40. The quantitative estimate of drug-likeness (QED) is 0.813. The summed E-state index contributed by atoms with van der Waals surface area (Å²) in [5, 5.41) is 3.46. The highest BCUT2D eigenvalue weighted by atomic mass is 79.9. The fraction of sp³-hybridized carbons (Fsp3) is 0.267. The van der Waals surface area contributed by atoms with Gasteiger partial charge in [-0.05, 0) is 50.5 Å². The Hall–Kier alpha value is -0.910. The largest absolute Gasteiger partial charge is 0.496 e. The van der Waals surface area contributed by atoms with Gasteiger partial charge in [0.15, 0.2) is 0 Å². The molecule has 0 saturated carbocycles. The Balaban J connectivity index is 2.50. The van der Waals surface area contributed by atoms with Gasteiger partial charge in [0.1, 0.15) is 5.75 Å². The molecule has 0 radical (unpaired) electrons. The molecule has 0 spiro atoms. The van der Waals surface area contributed by atoms with E-state index in [2.05, 4.69) is 55.2 Å². The molecule has 0 saturated heterocycles. The van der Waals surface area contributed by atoms with Gasteiger partial charge in [-0.15, -0.1) is 0 Å². The molecule has 1 unspecified atom stereocenters. The van der Waals surface area contributed by atoms with Crippen LogP contribution in [-0.2, 0) is 0 Å². The van der Waals surface area contributed by atoms with Crippen molar-refractivity contribution in [1.29, 1.82) is 0 Å². The van der Waals surface area contributed by atoms with Gasteiger partial charge in [-0.2, -0.15) is 0 Å². The second-order valence-electron chi connectivity index (χ2n) is 4.25. The smallest absolute Gasteiger partial charge is 0.124 e. The minimum Gasteiger partial charge on any atom is -0.496 e.